The molecule has 0 saturated heterocycles. The van der Waals surface area contributed by atoms with E-state index in [0.29, 0.717) is 0 Å². The largest absolute Gasteiger partial charge is 0.315 e. The van der Waals surface area contributed by atoms with E-state index < -0.39 is 0 Å². The van der Waals surface area contributed by atoms with Crippen LogP contribution in [0.2, 0.25) is 0 Å². The lowest BCUT2D eigenvalue weighted by Gasteiger charge is -2.03. The summed E-state index contributed by atoms with van der Waals surface area (Å²) >= 11 is 0. The fraction of sp³-hybridized carbons (Fsp3) is 0.778. The van der Waals surface area contributed by atoms with E-state index in [0.717, 1.165) is 31.3 Å². The molecule has 0 saturated carbocycles. The Morgan fingerprint density at radius 2 is 2.08 bits per heavy atom. The lowest BCUT2D eigenvalue weighted by molar-refractivity contribution is 0.540. The molecule has 0 aliphatic rings. The number of nitrogens with one attached hydrogen (secondary N) is 1. The number of rotatable bonds is 5. The quantitative estimate of drug-likeness (QED) is 0.688. The van der Waals surface area contributed by atoms with Crippen LogP contribution >= 0.6 is 0 Å². The van der Waals surface area contributed by atoms with Gasteiger partial charge in [-0.05, 0) is 26.8 Å². The van der Waals surface area contributed by atoms with Gasteiger partial charge >= 0.3 is 0 Å². The van der Waals surface area contributed by atoms with E-state index in [2.05, 4.69) is 22.3 Å². The average Bonchev–Trinajstić information content (AvgIpc) is 2.39. The molecule has 4 nitrogen and oxygen atoms in total. The first kappa shape index (κ1) is 10.2. The highest BCUT2D eigenvalue weighted by atomic mass is 15.3. The Balaban J connectivity index is 2.32. The lowest BCUT2D eigenvalue weighted by atomic mass is 10.5. The van der Waals surface area contributed by atoms with Crippen LogP contribution in [-0.2, 0) is 6.54 Å². The van der Waals surface area contributed by atoms with Crippen LogP contribution in [0, 0.1) is 13.8 Å². The van der Waals surface area contributed by atoms with E-state index in [1.165, 1.54) is 6.42 Å². The zero-order valence-electron chi connectivity index (χ0n) is 8.67. The monoisotopic (exact) mass is 182 g/mol. The summed E-state index contributed by atoms with van der Waals surface area (Å²) in [5.41, 5.74) is 0. The van der Waals surface area contributed by atoms with Gasteiger partial charge in [0.1, 0.15) is 11.6 Å². The highest BCUT2D eigenvalue weighted by Gasteiger charge is 2.00. The summed E-state index contributed by atoms with van der Waals surface area (Å²) in [7, 11) is 0. The lowest BCUT2D eigenvalue weighted by Crippen LogP contribution is -2.21. The summed E-state index contributed by atoms with van der Waals surface area (Å²) in [4.78, 5) is 4.23. The van der Waals surface area contributed by atoms with Crippen LogP contribution in [0.4, 0.5) is 0 Å². The number of aryl methyl sites for hydroxylation is 2. The molecule has 74 valence electrons. The minimum atomic E-state index is 0.855. The van der Waals surface area contributed by atoms with Crippen LogP contribution in [-0.4, -0.2) is 27.9 Å². The molecule has 0 unspecified atom stereocenters. The van der Waals surface area contributed by atoms with Gasteiger partial charge in [-0.25, -0.2) is 9.67 Å². The molecular formula is C9H18N4. The second kappa shape index (κ2) is 4.97. The minimum Gasteiger partial charge on any atom is -0.315 e. The van der Waals surface area contributed by atoms with Gasteiger partial charge in [-0.3, -0.25) is 0 Å². The number of nitrogens with zero attached hydrogens (tertiary/aromatic N) is 3. The Hall–Kier alpha value is -0.900. The highest BCUT2D eigenvalue weighted by molar-refractivity contribution is 4.87. The average molecular weight is 182 g/mol. The zero-order chi connectivity index (χ0) is 9.68. The SMILES string of the molecule is CCCNCCn1nc(C)nc1C. The van der Waals surface area contributed by atoms with Gasteiger partial charge in [0.2, 0.25) is 0 Å². The van der Waals surface area contributed by atoms with Crippen molar-refractivity contribution < 1.29 is 0 Å². The maximum Gasteiger partial charge on any atom is 0.147 e. The Morgan fingerprint density at radius 3 is 2.62 bits per heavy atom. The third-order valence-corrected chi connectivity index (χ3v) is 1.89. The Bertz CT molecular complexity index is 254. The molecule has 0 aliphatic carbocycles. The van der Waals surface area contributed by atoms with Crippen molar-refractivity contribution in [2.75, 3.05) is 13.1 Å². The van der Waals surface area contributed by atoms with Gasteiger partial charge in [0.25, 0.3) is 0 Å². The molecular weight excluding hydrogens is 164 g/mol. The molecule has 0 amide bonds. The van der Waals surface area contributed by atoms with Crippen molar-refractivity contribution in [2.45, 2.75) is 33.7 Å². The molecule has 1 N–H and O–H groups in total. The van der Waals surface area contributed by atoms with Crippen molar-refractivity contribution in [3.63, 3.8) is 0 Å². The van der Waals surface area contributed by atoms with E-state index in [1.807, 2.05) is 18.5 Å². The van der Waals surface area contributed by atoms with Gasteiger partial charge in [0, 0.05) is 6.54 Å². The van der Waals surface area contributed by atoms with Gasteiger partial charge < -0.3 is 5.32 Å². The van der Waals surface area contributed by atoms with Crippen LogP contribution in [0.25, 0.3) is 0 Å². The van der Waals surface area contributed by atoms with Crippen LogP contribution in [0.15, 0.2) is 0 Å². The van der Waals surface area contributed by atoms with Crippen LogP contribution in [0.5, 0.6) is 0 Å². The van der Waals surface area contributed by atoms with E-state index in [1.54, 1.807) is 0 Å². The van der Waals surface area contributed by atoms with Gasteiger partial charge in [-0.15, -0.1) is 0 Å². The first-order chi connectivity index (χ1) is 6.24. The number of hydrogen-bond donors (Lipinski definition) is 1. The molecule has 13 heavy (non-hydrogen) atoms. The summed E-state index contributed by atoms with van der Waals surface area (Å²) in [5, 5.41) is 7.60. The van der Waals surface area contributed by atoms with Crippen LogP contribution in [0.1, 0.15) is 25.0 Å². The second-order valence-corrected chi connectivity index (χ2v) is 3.18. The summed E-state index contributed by atoms with van der Waals surface area (Å²) < 4.78 is 1.94. The summed E-state index contributed by atoms with van der Waals surface area (Å²) in [6.45, 7) is 9.03. The van der Waals surface area contributed by atoms with Gasteiger partial charge in [-0.2, -0.15) is 5.10 Å². The van der Waals surface area contributed by atoms with Gasteiger partial charge in [-0.1, -0.05) is 6.92 Å². The molecule has 0 fully saturated rings. The van der Waals surface area contributed by atoms with Crippen molar-refractivity contribution in [1.82, 2.24) is 20.1 Å². The van der Waals surface area contributed by atoms with Gasteiger partial charge in [0.05, 0.1) is 6.54 Å². The zero-order valence-corrected chi connectivity index (χ0v) is 8.67. The van der Waals surface area contributed by atoms with Crippen molar-refractivity contribution in [1.29, 1.82) is 0 Å². The predicted octanol–water partition coefficient (Wildman–Crippen LogP) is 0.895. The fourth-order valence-corrected chi connectivity index (χ4v) is 1.26. The fourth-order valence-electron chi connectivity index (χ4n) is 1.26. The Kier molecular flexibility index (Phi) is 3.89. The van der Waals surface area contributed by atoms with Crippen molar-refractivity contribution in [2.24, 2.45) is 0 Å². The van der Waals surface area contributed by atoms with E-state index in [-0.39, 0.29) is 0 Å². The molecule has 1 heterocycles. The summed E-state index contributed by atoms with van der Waals surface area (Å²) in [6.07, 6.45) is 1.18. The maximum absolute atomic E-state index is 4.27. The van der Waals surface area contributed by atoms with Crippen molar-refractivity contribution >= 4 is 0 Å². The normalized spacial score (nSPS) is 10.7. The minimum absolute atomic E-state index is 0.855. The van der Waals surface area contributed by atoms with E-state index in [4.69, 9.17) is 0 Å². The predicted molar refractivity (Wildman–Crippen MR) is 52.7 cm³/mol. The third-order valence-electron chi connectivity index (χ3n) is 1.89. The topological polar surface area (TPSA) is 42.7 Å². The smallest absolute Gasteiger partial charge is 0.147 e. The molecule has 0 spiro atoms. The highest BCUT2D eigenvalue weighted by Crippen LogP contribution is 1.94. The number of aromatic nitrogens is 3. The summed E-state index contributed by atoms with van der Waals surface area (Å²) in [5.74, 6) is 1.85. The van der Waals surface area contributed by atoms with Crippen LogP contribution < -0.4 is 5.32 Å². The van der Waals surface area contributed by atoms with Gasteiger partial charge in [0.15, 0.2) is 0 Å². The molecule has 0 aliphatic heterocycles. The molecule has 1 aromatic heterocycles. The maximum atomic E-state index is 4.27. The molecule has 1 aromatic rings. The molecule has 1 rings (SSSR count). The Morgan fingerprint density at radius 1 is 1.31 bits per heavy atom. The molecule has 0 radical (unpaired) electrons. The summed E-state index contributed by atoms with van der Waals surface area (Å²) in [6, 6.07) is 0. The molecule has 0 aromatic carbocycles. The van der Waals surface area contributed by atoms with E-state index in [9.17, 15) is 0 Å². The van der Waals surface area contributed by atoms with Crippen molar-refractivity contribution in [3.8, 4) is 0 Å². The molecule has 4 heteroatoms. The standard InChI is InChI=1S/C9H18N4/c1-4-5-10-6-7-13-9(3)11-8(2)12-13/h10H,4-7H2,1-3H3. The Labute approximate surface area is 79.4 Å². The van der Waals surface area contributed by atoms with Crippen molar-refractivity contribution in [3.05, 3.63) is 11.6 Å². The first-order valence-electron chi connectivity index (χ1n) is 4.82. The first-order valence-corrected chi connectivity index (χ1v) is 4.82. The molecule has 0 bridgehead atoms. The second-order valence-electron chi connectivity index (χ2n) is 3.18. The van der Waals surface area contributed by atoms with Crippen LogP contribution in [0.3, 0.4) is 0 Å². The van der Waals surface area contributed by atoms with E-state index >= 15 is 0 Å². The third kappa shape index (κ3) is 3.14. The molecule has 0 atom stereocenters. The number of hydrogen-bond acceptors (Lipinski definition) is 3.